The molecule has 0 unspecified atom stereocenters. The van der Waals surface area contributed by atoms with Crippen LogP contribution >= 0.6 is 0 Å². The number of guanidine groups is 1. The predicted molar refractivity (Wildman–Crippen MR) is 82.2 cm³/mol. The molecule has 1 aromatic rings. The summed E-state index contributed by atoms with van der Waals surface area (Å²) in [4.78, 5) is 4.09. The molecule has 0 saturated heterocycles. The quantitative estimate of drug-likeness (QED) is 0.619. The minimum atomic E-state index is -2.91. The Balaban J connectivity index is 2.08. The lowest BCUT2D eigenvalue weighted by Gasteiger charge is -2.16. The van der Waals surface area contributed by atoms with Crippen LogP contribution in [0, 0.1) is 5.92 Å². The molecule has 0 saturated carbocycles. The third-order valence-electron chi connectivity index (χ3n) is 3.12. The summed E-state index contributed by atoms with van der Waals surface area (Å²) in [5.41, 5.74) is 0.530. The maximum atomic E-state index is 12.6. The molecule has 0 amide bonds. The lowest BCUT2D eigenvalue weighted by atomic mass is 10.1. The molecule has 2 rings (SSSR count). The van der Waals surface area contributed by atoms with E-state index in [4.69, 9.17) is 9.47 Å². The monoisotopic (exact) mass is 329 g/mol. The van der Waals surface area contributed by atoms with Crippen LogP contribution in [0.5, 0.6) is 17.2 Å². The smallest absolute Gasteiger partial charge is 0.387 e. The van der Waals surface area contributed by atoms with Gasteiger partial charge in [-0.3, -0.25) is 4.99 Å². The van der Waals surface area contributed by atoms with Gasteiger partial charge < -0.3 is 24.8 Å². The van der Waals surface area contributed by atoms with Gasteiger partial charge in [0, 0.05) is 31.8 Å². The van der Waals surface area contributed by atoms with E-state index in [1.54, 1.807) is 13.1 Å². The molecule has 128 valence electrons. The molecule has 1 aliphatic heterocycles. The molecule has 1 heterocycles. The van der Waals surface area contributed by atoms with Crippen LogP contribution in [-0.4, -0.2) is 33.0 Å². The number of hydrogen-bond donors (Lipinski definition) is 2. The van der Waals surface area contributed by atoms with E-state index in [1.165, 1.54) is 6.07 Å². The standard InChI is InChI=1S/C15H21F2N3O3/c1-9(2)6-19-15(18-3)20-7-10-4-12-13(22-8-21-12)5-11(10)23-14(16)17/h4-5,9,14H,6-8H2,1-3H3,(H2,18,19,20). The minimum absolute atomic E-state index is 0.0519. The molecule has 0 bridgehead atoms. The van der Waals surface area contributed by atoms with Crippen LogP contribution in [0.1, 0.15) is 19.4 Å². The highest BCUT2D eigenvalue weighted by Gasteiger charge is 2.20. The molecule has 0 fully saturated rings. The third-order valence-corrected chi connectivity index (χ3v) is 3.12. The van der Waals surface area contributed by atoms with Crippen LogP contribution < -0.4 is 24.8 Å². The Bertz CT molecular complexity index is 565. The number of hydrogen-bond acceptors (Lipinski definition) is 4. The Morgan fingerprint density at radius 1 is 1.26 bits per heavy atom. The molecule has 1 aliphatic rings. The predicted octanol–water partition coefficient (Wildman–Crippen LogP) is 2.34. The Kier molecular flexibility index (Phi) is 5.84. The zero-order valence-corrected chi connectivity index (χ0v) is 13.4. The van der Waals surface area contributed by atoms with Crippen molar-refractivity contribution in [2.24, 2.45) is 10.9 Å². The molecule has 0 aliphatic carbocycles. The van der Waals surface area contributed by atoms with Gasteiger partial charge in [-0.15, -0.1) is 0 Å². The van der Waals surface area contributed by atoms with E-state index < -0.39 is 6.61 Å². The van der Waals surface area contributed by atoms with Gasteiger partial charge in [-0.25, -0.2) is 0 Å². The first-order chi connectivity index (χ1) is 11.0. The number of benzene rings is 1. The van der Waals surface area contributed by atoms with Crippen molar-refractivity contribution in [3.8, 4) is 17.2 Å². The van der Waals surface area contributed by atoms with Crippen LogP contribution in [0.15, 0.2) is 17.1 Å². The lowest BCUT2D eigenvalue weighted by molar-refractivity contribution is -0.0505. The summed E-state index contributed by atoms with van der Waals surface area (Å²) in [5.74, 6) is 1.99. The highest BCUT2D eigenvalue weighted by Crippen LogP contribution is 2.38. The fourth-order valence-electron chi connectivity index (χ4n) is 2.01. The molecule has 0 spiro atoms. The van der Waals surface area contributed by atoms with Crippen molar-refractivity contribution in [3.63, 3.8) is 0 Å². The Labute approximate surface area is 133 Å². The van der Waals surface area contributed by atoms with Crippen molar-refractivity contribution in [2.75, 3.05) is 20.4 Å². The van der Waals surface area contributed by atoms with E-state index in [9.17, 15) is 8.78 Å². The van der Waals surface area contributed by atoms with Gasteiger partial charge >= 0.3 is 6.61 Å². The third kappa shape index (κ3) is 4.87. The number of nitrogens with one attached hydrogen (secondary N) is 2. The Morgan fingerprint density at radius 3 is 2.57 bits per heavy atom. The lowest BCUT2D eigenvalue weighted by Crippen LogP contribution is -2.38. The summed E-state index contributed by atoms with van der Waals surface area (Å²) in [6, 6.07) is 3.04. The number of ether oxygens (including phenoxy) is 3. The van der Waals surface area contributed by atoms with Gasteiger partial charge in [0.15, 0.2) is 17.5 Å². The number of nitrogens with zero attached hydrogens (tertiary/aromatic N) is 1. The summed E-state index contributed by atoms with van der Waals surface area (Å²) in [6.07, 6.45) is 0. The van der Waals surface area contributed by atoms with Crippen LogP contribution in [0.4, 0.5) is 8.78 Å². The van der Waals surface area contributed by atoms with Gasteiger partial charge in [-0.05, 0) is 12.0 Å². The zero-order valence-electron chi connectivity index (χ0n) is 13.4. The van der Waals surface area contributed by atoms with E-state index in [2.05, 4.69) is 34.2 Å². The maximum absolute atomic E-state index is 12.6. The normalized spacial score (nSPS) is 13.6. The number of fused-ring (bicyclic) bond motifs is 1. The van der Waals surface area contributed by atoms with E-state index in [0.29, 0.717) is 28.9 Å². The molecular weight excluding hydrogens is 308 g/mol. The second-order valence-corrected chi connectivity index (χ2v) is 5.39. The fourth-order valence-corrected chi connectivity index (χ4v) is 2.01. The first-order valence-electron chi connectivity index (χ1n) is 7.31. The Hall–Kier alpha value is -2.25. The van der Waals surface area contributed by atoms with Crippen LogP contribution in [-0.2, 0) is 6.54 Å². The van der Waals surface area contributed by atoms with E-state index in [0.717, 1.165) is 6.54 Å². The Morgan fingerprint density at radius 2 is 1.96 bits per heavy atom. The van der Waals surface area contributed by atoms with Gasteiger partial charge in [-0.2, -0.15) is 8.78 Å². The molecule has 0 radical (unpaired) electrons. The van der Waals surface area contributed by atoms with Crippen molar-refractivity contribution in [2.45, 2.75) is 27.0 Å². The van der Waals surface area contributed by atoms with Gasteiger partial charge in [-0.1, -0.05) is 13.8 Å². The highest BCUT2D eigenvalue weighted by molar-refractivity contribution is 5.79. The molecule has 0 atom stereocenters. The summed E-state index contributed by atoms with van der Waals surface area (Å²) >= 11 is 0. The summed E-state index contributed by atoms with van der Waals surface area (Å²) in [6.45, 7) is 2.32. The SMILES string of the molecule is CN=C(NCc1cc2c(cc1OC(F)F)OCO2)NCC(C)C. The molecule has 8 heteroatoms. The number of aliphatic imine (C=N–C) groups is 1. The van der Waals surface area contributed by atoms with Crippen molar-refractivity contribution in [1.82, 2.24) is 10.6 Å². The fraction of sp³-hybridized carbons (Fsp3) is 0.533. The average Bonchev–Trinajstić information content (AvgIpc) is 2.93. The molecule has 1 aromatic carbocycles. The van der Waals surface area contributed by atoms with Gasteiger partial charge in [0.05, 0.1) is 0 Å². The van der Waals surface area contributed by atoms with Crippen molar-refractivity contribution >= 4 is 5.96 Å². The van der Waals surface area contributed by atoms with Gasteiger partial charge in [0.1, 0.15) is 5.75 Å². The molecule has 23 heavy (non-hydrogen) atoms. The largest absolute Gasteiger partial charge is 0.454 e. The topological polar surface area (TPSA) is 64.1 Å². The minimum Gasteiger partial charge on any atom is -0.454 e. The van der Waals surface area contributed by atoms with Gasteiger partial charge in [0.2, 0.25) is 6.79 Å². The molecule has 2 N–H and O–H groups in total. The summed E-state index contributed by atoms with van der Waals surface area (Å²) < 4.78 is 40.2. The number of rotatable bonds is 6. The van der Waals surface area contributed by atoms with Crippen LogP contribution in [0.25, 0.3) is 0 Å². The van der Waals surface area contributed by atoms with E-state index in [1.807, 2.05) is 0 Å². The maximum Gasteiger partial charge on any atom is 0.387 e. The van der Waals surface area contributed by atoms with Crippen molar-refractivity contribution in [3.05, 3.63) is 17.7 Å². The van der Waals surface area contributed by atoms with E-state index in [-0.39, 0.29) is 19.1 Å². The zero-order chi connectivity index (χ0) is 16.8. The highest BCUT2D eigenvalue weighted by atomic mass is 19.3. The second-order valence-electron chi connectivity index (χ2n) is 5.39. The first kappa shape index (κ1) is 17.1. The van der Waals surface area contributed by atoms with Crippen LogP contribution in [0.3, 0.4) is 0 Å². The van der Waals surface area contributed by atoms with Crippen molar-refractivity contribution in [1.29, 1.82) is 0 Å². The molecule has 0 aromatic heterocycles. The summed E-state index contributed by atoms with van der Waals surface area (Å²) in [5, 5.41) is 6.21. The van der Waals surface area contributed by atoms with Gasteiger partial charge in [0.25, 0.3) is 0 Å². The summed E-state index contributed by atoms with van der Waals surface area (Å²) in [7, 11) is 1.64. The number of halogens is 2. The number of alkyl halides is 2. The first-order valence-corrected chi connectivity index (χ1v) is 7.31. The molecular formula is C15H21F2N3O3. The van der Waals surface area contributed by atoms with E-state index >= 15 is 0 Å². The average molecular weight is 329 g/mol. The second kappa shape index (κ2) is 7.85. The van der Waals surface area contributed by atoms with Crippen LogP contribution in [0.2, 0.25) is 0 Å². The van der Waals surface area contributed by atoms with Crippen molar-refractivity contribution < 1.29 is 23.0 Å². The molecule has 6 nitrogen and oxygen atoms in total.